The number of rotatable bonds is 2. The van der Waals surface area contributed by atoms with E-state index in [4.69, 9.17) is 4.74 Å². The first-order valence-corrected chi connectivity index (χ1v) is 7.50. The lowest BCUT2D eigenvalue weighted by molar-refractivity contribution is -0.158. The Hall–Kier alpha value is -1.53. The summed E-state index contributed by atoms with van der Waals surface area (Å²) in [5.74, 6) is -0.659. The van der Waals surface area contributed by atoms with Gasteiger partial charge in [-0.3, -0.25) is 4.79 Å². The normalized spacial score (nSPS) is 25.3. The molecular weight excluding hydrogens is 278 g/mol. The summed E-state index contributed by atoms with van der Waals surface area (Å²) in [5.41, 5.74) is 1.01. The van der Waals surface area contributed by atoms with Crippen LogP contribution in [0.4, 0.5) is 0 Å². The van der Waals surface area contributed by atoms with Crippen LogP contribution < -0.4 is 0 Å². The maximum atomic E-state index is 12.7. The van der Waals surface area contributed by atoms with Crippen molar-refractivity contribution in [3.63, 3.8) is 0 Å². The average molecular weight is 293 g/mol. The predicted octanol–water partition coefficient (Wildman–Crippen LogP) is 1.19. The number of thioether (sulfide) groups is 1. The quantitative estimate of drug-likeness (QED) is 0.887. The second-order valence-corrected chi connectivity index (χ2v) is 5.92. The molecule has 20 heavy (non-hydrogen) atoms. The number of benzene rings is 1. The van der Waals surface area contributed by atoms with Crippen LogP contribution in [0.2, 0.25) is 0 Å². The zero-order valence-electron chi connectivity index (χ0n) is 10.8. The van der Waals surface area contributed by atoms with Crippen LogP contribution in [0.3, 0.4) is 0 Å². The van der Waals surface area contributed by atoms with Gasteiger partial charge < -0.3 is 14.7 Å². The summed E-state index contributed by atoms with van der Waals surface area (Å²) < 4.78 is 5.18. The number of morpholine rings is 1. The summed E-state index contributed by atoms with van der Waals surface area (Å²) in [6.45, 7) is 0.818. The van der Waals surface area contributed by atoms with Crippen LogP contribution in [0.15, 0.2) is 29.2 Å². The lowest BCUT2D eigenvalue weighted by Crippen LogP contribution is -2.53. The van der Waals surface area contributed by atoms with Gasteiger partial charge in [0, 0.05) is 17.2 Å². The maximum Gasteiger partial charge on any atom is 0.328 e. The zero-order chi connectivity index (χ0) is 14.1. The second kappa shape index (κ2) is 5.46. The molecule has 1 aromatic rings. The summed E-state index contributed by atoms with van der Waals surface area (Å²) in [6.07, 6.45) is 0. The Bertz CT molecular complexity index is 548. The van der Waals surface area contributed by atoms with Crippen LogP contribution in [0.5, 0.6) is 0 Å². The van der Waals surface area contributed by atoms with Crippen molar-refractivity contribution in [1.82, 2.24) is 4.90 Å². The molecule has 1 saturated heterocycles. The van der Waals surface area contributed by atoms with E-state index in [2.05, 4.69) is 0 Å². The molecule has 3 rings (SSSR count). The third-order valence-corrected chi connectivity index (χ3v) is 4.88. The van der Waals surface area contributed by atoms with Crippen molar-refractivity contribution in [2.24, 2.45) is 0 Å². The fourth-order valence-corrected chi connectivity index (χ4v) is 3.86. The molecule has 106 valence electrons. The molecule has 2 atom stereocenters. The standard InChI is InChI=1S/C14H15NO4S/c16-13(15-5-6-19-7-11(15)14(17)18)10-8-20-12-4-2-1-3-9(10)12/h1-4,10-11H,5-8H2,(H,17,18)/t10-,11-/m1/s1. The van der Waals surface area contributed by atoms with E-state index in [-0.39, 0.29) is 18.4 Å². The van der Waals surface area contributed by atoms with Crippen molar-refractivity contribution in [3.8, 4) is 0 Å². The molecule has 2 aliphatic heterocycles. The van der Waals surface area contributed by atoms with Crippen LogP contribution in [0, 0.1) is 0 Å². The van der Waals surface area contributed by atoms with Crippen LogP contribution in [0.1, 0.15) is 11.5 Å². The highest BCUT2D eigenvalue weighted by Gasteiger charge is 2.38. The Morgan fingerprint density at radius 2 is 2.15 bits per heavy atom. The van der Waals surface area contributed by atoms with Crippen molar-refractivity contribution in [2.45, 2.75) is 16.9 Å². The summed E-state index contributed by atoms with van der Waals surface area (Å²) in [4.78, 5) is 26.5. The van der Waals surface area contributed by atoms with Gasteiger partial charge in [0.2, 0.25) is 5.91 Å². The summed E-state index contributed by atoms with van der Waals surface area (Å²) >= 11 is 1.65. The molecule has 1 aromatic carbocycles. The number of amides is 1. The molecular formula is C14H15NO4S. The molecule has 1 fully saturated rings. The highest BCUT2D eigenvalue weighted by molar-refractivity contribution is 7.99. The highest BCUT2D eigenvalue weighted by Crippen LogP contribution is 2.40. The van der Waals surface area contributed by atoms with E-state index < -0.39 is 12.0 Å². The van der Waals surface area contributed by atoms with Crippen LogP contribution >= 0.6 is 11.8 Å². The van der Waals surface area contributed by atoms with Gasteiger partial charge in [0.1, 0.15) is 0 Å². The second-order valence-electron chi connectivity index (χ2n) is 4.86. The third kappa shape index (κ3) is 2.29. The first-order chi connectivity index (χ1) is 9.68. The number of carbonyl (C=O) groups excluding carboxylic acids is 1. The van der Waals surface area contributed by atoms with Crippen LogP contribution in [-0.2, 0) is 14.3 Å². The van der Waals surface area contributed by atoms with Gasteiger partial charge in [-0.1, -0.05) is 18.2 Å². The van der Waals surface area contributed by atoms with Crippen molar-refractivity contribution in [3.05, 3.63) is 29.8 Å². The van der Waals surface area contributed by atoms with Gasteiger partial charge in [-0.05, 0) is 11.6 Å². The van der Waals surface area contributed by atoms with E-state index in [9.17, 15) is 14.7 Å². The smallest absolute Gasteiger partial charge is 0.328 e. The van der Waals surface area contributed by atoms with Gasteiger partial charge >= 0.3 is 5.97 Å². The largest absolute Gasteiger partial charge is 0.480 e. The number of carbonyl (C=O) groups is 2. The Morgan fingerprint density at radius 3 is 2.95 bits per heavy atom. The van der Waals surface area contributed by atoms with Crippen molar-refractivity contribution in [1.29, 1.82) is 0 Å². The first kappa shape index (κ1) is 13.5. The predicted molar refractivity (Wildman–Crippen MR) is 73.9 cm³/mol. The Kier molecular flexibility index (Phi) is 3.67. The molecule has 5 nitrogen and oxygen atoms in total. The Morgan fingerprint density at radius 1 is 1.35 bits per heavy atom. The minimum atomic E-state index is -1.00. The van der Waals surface area contributed by atoms with Gasteiger partial charge in [0.15, 0.2) is 6.04 Å². The monoisotopic (exact) mass is 293 g/mol. The SMILES string of the molecule is O=C(O)[C@H]1COCCN1C(=O)[C@@H]1CSc2ccccc21. The fourth-order valence-electron chi connectivity index (χ4n) is 2.64. The zero-order valence-corrected chi connectivity index (χ0v) is 11.6. The fraction of sp³-hybridized carbons (Fsp3) is 0.429. The molecule has 2 aliphatic rings. The van der Waals surface area contributed by atoms with E-state index in [1.807, 2.05) is 24.3 Å². The van der Waals surface area contributed by atoms with Gasteiger partial charge in [-0.15, -0.1) is 11.8 Å². The number of ether oxygens (including phenoxy) is 1. The maximum absolute atomic E-state index is 12.7. The molecule has 0 spiro atoms. The summed E-state index contributed by atoms with van der Waals surface area (Å²) in [5, 5.41) is 9.22. The van der Waals surface area contributed by atoms with Gasteiger partial charge in [0.25, 0.3) is 0 Å². The van der Waals surface area contributed by atoms with Gasteiger partial charge in [0.05, 0.1) is 19.1 Å². The van der Waals surface area contributed by atoms with E-state index in [0.717, 1.165) is 10.5 Å². The molecule has 1 amide bonds. The molecule has 0 unspecified atom stereocenters. The lowest BCUT2D eigenvalue weighted by atomic mass is 9.99. The van der Waals surface area contributed by atoms with Crippen molar-refractivity contribution < 1.29 is 19.4 Å². The molecule has 0 radical (unpaired) electrons. The minimum Gasteiger partial charge on any atom is -0.480 e. The molecule has 1 N–H and O–H groups in total. The van der Waals surface area contributed by atoms with E-state index in [1.165, 1.54) is 4.90 Å². The first-order valence-electron chi connectivity index (χ1n) is 6.51. The molecule has 0 saturated carbocycles. The number of aliphatic carboxylic acids is 1. The molecule has 6 heteroatoms. The van der Waals surface area contributed by atoms with Crippen molar-refractivity contribution >= 4 is 23.6 Å². The molecule has 0 aromatic heterocycles. The molecule has 2 heterocycles. The van der Waals surface area contributed by atoms with E-state index in [1.54, 1.807) is 11.8 Å². The summed E-state index contributed by atoms with van der Waals surface area (Å²) in [7, 11) is 0. The molecule has 0 bridgehead atoms. The van der Waals surface area contributed by atoms with Crippen LogP contribution in [0.25, 0.3) is 0 Å². The Balaban J connectivity index is 1.84. The number of hydrogen-bond acceptors (Lipinski definition) is 4. The number of nitrogens with zero attached hydrogens (tertiary/aromatic N) is 1. The van der Waals surface area contributed by atoms with Crippen LogP contribution in [-0.4, -0.2) is 53.4 Å². The van der Waals surface area contributed by atoms with Crippen molar-refractivity contribution in [2.75, 3.05) is 25.5 Å². The third-order valence-electron chi connectivity index (χ3n) is 3.69. The topological polar surface area (TPSA) is 66.8 Å². The van der Waals surface area contributed by atoms with E-state index in [0.29, 0.717) is 18.9 Å². The van der Waals surface area contributed by atoms with E-state index >= 15 is 0 Å². The number of hydrogen-bond donors (Lipinski definition) is 1. The minimum absolute atomic E-state index is 0.0720. The Labute approximate surface area is 120 Å². The number of fused-ring (bicyclic) bond motifs is 1. The number of carboxylic acids is 1. The lowest BCUT2D eigenvalue weighted by Gasteiger charge is -2.34. The molecule has 0 aliphatic carbocycles. The number of carboxylic acid groups (broad SMARTS) is 1. The van der Waals surface area contributed by atoms with Gasteiger partial charge in [-0.2, -0.15) is 0 Å². The highest BCUT2D eigenvalue weighted by atomic mass is 32.2. The van der Waals surface area contributed by atoms with Gasteiger partial charge in [-0.25, -0.2) is 4.79 Å². The average Bonchev–Trinajstić information content (AvgIpc) is 2.90. The summed E-state index contributed by atoms with van der Waals surface area (Å²) in [6, 6.07) is 6.95.